The van der Waals surface area contributed by atoms with Gasteiger partial charge in [-0.05, 0) is 109 Å². The highest BCUT2D eigenvalue weighted by Gasteiger charge is 2.19. The first-order valence-corrected chi connectivity index (χ1v) is 27.6. The molecule has 1 unspecified atom stereocenters. The Morgan fingerprint density at radius 2 is 0.621 bits per heavy atom. The molecule has 0 heterocycles. The van der Waals surface area contributed by atoms with Crippen LogP contribution in [0.4, 0.5) is 0 Å². The van der Waals surface area contributed by atoms with E-state index in [1.165, 1.54) is 89.9 Å². The fraction of sp³-hybridized carbons (Fsp3) is 0.717. The van der Waals surface area contributed by atoms with Crippen molar-refractivity contribution in [3.05, 3.63) is 85.1 Å². The molecule has 0 fully saturated rings. The topological polar surface area (TPSA) is 78.9 Å². The van der Waals surface area contributed by atoms with E-state index >= 15 is 0 Å². The lowest BCUT2D eigenvalue weighted by molar-refractivity contribution is -0.167. The third-order valence-corrected chi connectivity index (χ3v) is 11.6. The molecule has 0 aromatic carbocycles. The summed E-state index contributed by atoms with van der Waals surface area (Å²) >= 11 is 0. The van der Waals surface area contributed by atoms with Crippen molar-refractivity contribution in [3.63, 3.8) is 0 Å². The van der Waals surface area contributed by atoms with Gasteiger partial charge in [-0.2, -0.15) is 0 Å². The van der Waals surface area contributed by atoms with Crippen LogP contribution in [0.25, 0.3) is 0 Å². The molecule has 0 aliphatic carbocycles. The van der Waals surface area contributed by atoms with E-state index in [1.807, 2.05) is 0 Å². The summed E-state index contributed by atoms with van der Waals surface area (Å²) in [6.45, 7) is 6.44. The van der Waals surface area contributed by atoms with Crippen LogP contribution in [0.15, 0.2) is 85.1 Å². The van der Waals surface area contributed by atoms with Crippen molar-refractivity contribution < 1.29 is 28.6 Å². The van der Waals surface area contributed by atoms with E-state index in [9.17, 15) is 14.4 Å². The maximum atomic E-state index is 12.8. The Bertz CT molecular complexity index is 1290. The molecule has 0 rings (SSSR count). The lowest BCUT2D eigenvalue weighted by Gasteiger charge is -2.18. The number of rotatable bonds is 49. The molecule has 378 valence electrons. The third-order valence-electron chi connectivity index (χ3n) is 11.6. The molecule has 66 heavy (non-hydrogen) atoms. The number of hydrogen-bond acceptors (Lipinski definition) is 6. The van der Waals surface area contributed by atoms with Crippen molar-refractivity contribution in [3.8, 4) is 0 Å². The minimum Gasteiger partial charge on any atom is -0.462 e. The second kappa shape index (κ2) is 54.2. The van der Waals surface area contributed by atoms with Gasteiger partial charge in [-0.1, -0.05) is 215 Å². The standard InChI is InChI=1S/C60H102O6/c1-4-7-10-13-16-19-22-24-26-28-29-30-31-33-34-36-38-41-44-47-50-53-59(62)65-56-57(55-64-58(61)52-49-46-43-40-21-18-15-12-9-6-3)66-60(63)54-51-48-45-42-39-37-35-32-27-25-23-20-17-14-11-8-5-2/h7,10,12,15-16,19,24-27,29-30,33-34,57H,4-6,8-9,11,13-14,17-18,20-23,28,31-32,35-56H2,1-3H3/b10-7-,15-12-,19-16-,26-24-,27-25-,30-29-,34-33-. The number of esters is 3. The maximum Gasteiger partial charge on any atom is 0.306 e. The van der Waals surface area contributed by atoms with Crippen LogP contribution in [0, 0.1) is 0 Å². The van der Waals surface area contributed by atoms with E-state index in [-0.39, 0.29) is 31.1 Å². The highest BCUT2D eigenvalue weighted by molar-refractivity contribution is 5.71. The van der Waals surface area contributed by atoms with Gasteiger partial charge in [-0.25, -0.2) is 0 Å². The van der Waals surface area contributed by atoms with Gasteiger partial charge in [0.05, 0.1) is 0 Å². The Labute approximate surface area is 407 Å². The molecule has 0 N–H and O–H groups in total. The van der Waals surface area contributed by atoms with Crippen molar-refractivity contribution in [1.82, 2.24) is 0 Å². The van der Waals surface area contributed by atoms with Gasteiger partial charge in [-0.15, -0.1) is 0 Å². The SMILES string of the molecule is CC/C=C\C/C=C\C/C=C\C/C=C\C/C=C\CCCCCCCC(=O)OCC(COC(=O)CCCCCCC/C=C\CCC)OC(=O)CCCCCCCCC/C=C\CCCCCCCC. The van der Waals surface area contributed by atoms with Gasteiger partial charge in [0.15, 0.2) is 6.10 Å². The summed E-state index contributed by atoms with van der Waals surface area (Å²) in [4.78, 5) is 38.0. The first-order chi connectivity index (χ1) is 32.5. The summed E-state index contributed by atoms with van der Waals surface area (Å²) < 4.78 is 16.8. The monoisotopic (exact) mass is 919 g/mol. The molecule has 6 nitrogen and oxygen atoms in total. The molecule has 0 spiro atoms. The number of hydrogen-bond donors (Lipinski definition) is 0. The summed E-state index contributed by atoms with van der Waals surface area (Å²) in [5.41, 5.74) is 0. The van der Waals surface area contributed by atoms with E-state index in [0.29, 0.717) is 19.3 Å². The van der Waals surface area contributed by atoms with Gasteiger partial charge in [-0.3, -0.25) is 14.4 Å². The zero-order valence-electron chi connectivity index (χ0n) is 43.2. The lowest BCUT2D eigenvalue weighted by Crippen LogP contribution is -2.30. The van der Waals surface area contributed by atoms with E-state index in [0.717, 1.165) is 128 Å². The van der Waals surface area contributed by atoms with Crippen molar-refractivity contribution in [2.24, 2.45) is 0 Å². The molecule has 0 aliphatic rings. The molecule has 0 aliphatic heterocycles. The zero-order chi connectivity index (χ0) is 47.9. The van der Waals surface area contributed by atoms with Crippen LogP contribution in [-0.4, -0.2) is 37.2 Å². The number of unbranched alkanes of at least 4 members (excludes halogenated alkanes) is 24. The molecule has 0 aromatic heterocycles. The predicted molar refractivity (Wildman–Crippen MR) is 284 cm³/mol. The highest BCUT2D eigenvalue weighted by atomic mass is 16.6. The van der Waals surface area contributed by atoms with Gasteiger partial charge in [0.1, 0.15) is 13.2 Å². The summed E-state index contributed by atoms with van der Waals surface area (Å²) in [6.07, 6.45) is 70.0. The average Bonchev–Trinajstić information content (AvgIpc) is 3.31. The van der Waals surface area contributed by atoms with E-state index < -0.39 is 6.10 Å². The van der Waals surface area contributed by atoms with E-state index in [4.69, 9.17) is 14.2 Å². The maximum absolute atomic E-state index is 12.8. The Kier molecular flexibility index (Phi) is 51.4. The number of ether oxygens (including phenoxy) is 3. The second-order valence-electron chi connectivity index (χ2n) is 18.1. The first-order valence-electron chi connectivity index (χ1n) is 27.6. The molecule has 0 saturated heterocycles. The Balaban J connectivity index is 4.37. The lowest BCUT2D eigenvalue weighted by atomic mass is 10.1. The van der Waals surface area contributed by atoms with E-state index in [1.54, 1.807) is 0 Å². The molecule has 1 atom stereocenters. The highest BCUT2D eigenvalue weighted by Crippen LogP contribution is 2.14. The minimum absolute atomic E-state index is 0.0892. The number of carbonyl (C=O) groups is 3. The summed E-state index contributed by atoms with van der Waals surface area (Å²) in [5, 5.41) is 0. The van der Waals surface area contributed by atoms with Crippen LogP contribution in [0.2, 0.25) is 0 Å². The summed E-state index contributed by atoms with van der Waals surface area (Å²) in [6, 6.07) is 0. The van der Waals surface area contributed by atoms with Crippen LogP contribution in [-0.2, 0) is 28.6 Å². The number of allylic oxidation sites excluding steroid dienone is 14. The van der Waals surface area contributed by atoms with Crippen molar-refractivity contribution in [1.29, 1.82) is 0 Å². The van der Waals surface area contributed by atoms with Gasteiger partial charge in [0.2, 0.25) is 0 Å². The van der Waals surface area contributed by atoms with Crippen LogP contribution >= 0.6 is 0 Å². The van der Waals surface area contributed by atoms with Gasteiger partial charge in [0, 0.05) is 19.3 Å². The summed E-state index contributed by atoms with van der Waals surface area (Å²) in [7, 11) is 0. The van der Waals surface area contributed by atoms with Crippen LogP contribution in [0.3, 0.4) is 0 Å². The minimum atomic E-state index is -0.790. The average molecular weight is 919 g/mol. The largest absolute Gasteiger partial charge is 0.462 e. The molecule has 0 saturated carbocycles. The Morgan fingerprint density at radius 1 is 0.318 bits per heavy atom. The van der Waals surface area contributed by atoms with Crippen molar-refractivity contribution in [2.45, 2.75) is 264 Å². The number of carbonyl (C=O) groups excluding carboxylic acids is 3. The summed E-state index contributed by atoms with van der Waals surface area (Å²) in [5.74, 6) is -0.921. The zero-order valence-corrected chi connectivity index (χ0v) is 43.2. The molecule has 0 radical (unpaired) electrons. The Morgan fingerprint density at radius 3 is 1.00 bits per heavy atom. The molecule has 0 amide bonds. The quantitative estimate of drug-likeness (QED) is 0.0262. The second-order valence-corrected chi connectivity index (χ2v) is 18.1. The van der Waals surface area contributed by atoms with Crippen molar-refractivity contribution >= 4 is 17.9 Å². The fourth-order valence-corrected chi connectivity index (χ4v) is 7.47. The molecule has 6 heteroatoms. The van der Waals surface area contributed by atoms with Gasteiger partial charge < -0.3 is 14.2 Å². The van der Waals surface area contributed by atoms with Crippen LogP contribution < -0.4 is 0 Å². The molecular weight excluding hydrogens is 817 g/mol. The van der Waals surface area contributed by atoms with Crippen LogP contribution in [0.1, 0.15) is 258 Å². The first kappa shape index (κ1) is 62.6. The predicted octanol–water partition coefficient (Wildman–Crippen LogP) is 18.4. The molecular formula is C60H102O6. The molecule has 0 aromatic rings. The normalized spacial score (nSPS) is 12.7. The van der Waals surface area contributed by atoms with Gasteiger partial charge >= 0.3 is 17.9 Å². The van der Waals surface area contributed by atoms with E-state index in [2.05, 4.69) is 106 Å². The Hall–Kier alpha value is -3.41. The van der Waals surface area contributed by atoms with Gasteiger partial charge in [0.25, 0.3) is 0 Å². The van der Waals surface area contributed by atoms with Crippen molar-refractivity contribution in [2.75, 3.05) is 13.2 Å². The molecule has 0 bridgehead atoms. The van der Waals surface area contributed by atoms with Crippen LogP contribution in [0.5, 0.6) is 0 Å². The third kappa shape index (κ3) is 51.6. The smallest absolute Gasteiger partial charge is 0.306 e. The fourth-order valence-electron chi connectivity index (χ4n) is 7.47.